The lowest BCUT2D eigenvalue weighted by Crippen LogP contribution is -2.49. The van der Waals surface area contributed by atoms with Crippen molar-refractivity contribution in [3.05, 3.63) is 60.3 Å². The van der Waals surface area contributed by atoms with Gasteiger partial charge in [0.25, 0.3) is 0 Å². The number of carbonyl (C=O) groups is 2. The van der Waals surface area contributed by atoms with Gasteiger partial charge in [0.05, 0.1) is 0 Å². The maximum absolute atomic E-state index is 12.3. The number of aromatic amines is 1. The molecule has 1 aliphatic rings. The van der Waals surface area contributed by atoms with Gasteiger partial charge in [-0.1, -0.05) is 32.0 Å². The number of H-pyrrole nitrogens is 1. The number of nitrogens with zero attached hydrogens (tertiary/aromatic N) is 2. The molecule has 2 aromatic carbocycles. The molecule has 0 unspecified atom stereocenters. The van der Waals surface area contributed by atoms with Crippen LogP contribution < -0.4 is 10.2 Å². The lowest BCUT2D eigenvalue weighted by atomic mass is 10.0. The van der Waals surface area contributed by atoms with Gasteiger partial charge in [-0.25, -0.2) is 0 Å². The topological polar surface area (TPSA) is 88.7 Å². The maximum atomic E-state index is 12.3. The summed E-state index contributed by atoms with van der Waals surface area (Å²) in [5.41, 5.74) is 3.40. The Balaban J connectivity index is 1.57. The molecule has 1 aromatic heterocycles. The zero-order chi connectivity index (χ0) is 22.0. The Hall–Kier alpha value is -3.32. The first-order chi connectivity index (χ1) is 14.9. The number of benzene rings is 2. The predicted octanol–water partition coefficient (Wildman–Crippen LogP) is 3.71. The molecule has 1 saturated heterocycles. The summed E-state index contributed by atoms with van der Waals surface area (Å²) < 4.78 is 0. The summed E-state index contributed by atoms with van der Waals surface area (Å²) >= 11 is 0. The summed E-state index contributed by atoms with van der Waals surface area (Å²) in [4.78, 5) is 31.9. The van der Waals surface area contributed by atoms with Crippen molar-refractivity contribution in [3.8, 4) is 0 Å². The lowest BCUT2D eigenvalue weighted by molar-refractivity contribution is -0.143. The number of carbonyl (C=O) groups excluding carboxylic acids is 1. The van der Waals surface area contributed by atoms with Crippen LogP contribution in [-0.2, 0) is 9.59 Å². The minimum absolute atomic E-state index is 0.0664. The first-order valence-electron chi connectivity index (χ1n) is 10.6. The fourth-order valence-corrected chi connectivity index (χ4v) is 4.10. The Labute approximate surface area is 181 Å². The van der Waals surface area contributed by atoms with Crippen molar-refractivity contribution in [3.63, 3.8) is 0 Å². The van der Waals surface area contributed by atoms with Crippen molar-refractivity contribution < 1.29 is 14.7 Å². The largest absolute Gasteiger partial charge is 0.480 e. The molecule has 2 heterocycles. The summed E-state index contributed by atoms with van der Waals surface area (Å²) in [7, 11) is 0. The van der Waals surface area contributed by atoms with Crippen LogP contribution in [0.15, 0.2) is 54.7 Å². The van der Waals surface area contributed by atoms with E-state index in [1.54, 1.807) is 6.20 Å². The summed E-state index contributed by atoms with van der Waals surface area (Å²) in [6, 6.07) is 15.0. The smallest absolute Gasteiger partial charge is 0.325 e. The van der Waals surface area contributed by atoms with Crippen molar-refractivity contribution in [1.29, 1.82) is 0 Å². The van der Waals surface area contributed by atoms with E-state index in [0.29, 0.717) is 18.8 Å². The SMILES string of the molecule is CC(C)C(=O)Nc1ccc2[nH]cc([C@H](C(=O)O)N3CCN(c4ccccc4)CC3)c2c1. The van der Waals surface area contributed by atoms with Crippen molar-refractivity contribution in [2.24, 2.45) is 5.92 Å². The van der Waals surface area contributed by atoms with Crippen LogP contribution in [0.3, 0.4) is 0 Å². The highest BCUT2D eigenvalue weighted by molar-refractivity contribution is 5.96. The number of hydrogen-bond acceptors (Lipinski definition) is 4. The quantitative estimate of drug-likeness (QED) is 0.566. The second-order valence-electron chi connectivity index (χ2n) is 8.25. The molecule has 31 heavy (non-hydrogen) atoms. The summed E-state index contributed by atoms with van der Waals surface area (Å²) in [6.45, 7) is 6.53. The molecule has 7 nitrogen and oxygen atoms in total. The standard InChI is InChI=1S/C24H28N4O3/c1-16(2)23(29)26-17-8-9-21-19(14-17)20(15-25-21)22(24(30)31)28-12-10-27(11-13-28)18-6-4-3-5-7-18/h3-9,14-16,22,25H,10-13H2,1-2H3,(H,26,29)(H,30,31)/t22-/m1/s1. The van der Waals surface area contributed by atoms with Gasteiger partial charge in [-0.15, -0.1) is 0 Å². The number of piperazine rings is 1. The van der Waals surface area contributed by atoms with E-state index in [4.69, 9.17) is 0 Å². The van der Waals surface area contributed by atoms with Gasteiger partial charge in [0.2, 0.25) is 5.91 Å². The Morgan fingerprint density at radius 2 is 1.74 bits per heavy atom. The first-order valence-corrected chi connectivity index (χ1v) is 10.6. The van der Waals surface area contributed by atoms with Crippen molar-refractivity contribution in [2.75, 3.05) is 36.4 Å². The molecule has 0 aliphatic carbocycles. The summed E-state index contributed by atoms with van der Waals surface area (Å²) in [6.07, 6.45) is 1.78. The molecule has 0 saturated carbocycles. The number of carboxylic acids is 1. The van der Waals surface area contributed by atoms with Crippen molar-refractivity contribution >= 4 is 34.2 Å². The van der Waals surface area contributed by atoms with Crippen LogP contribution in [0.25, 0.3) is 10.9 Å². The highest BCUT2D eigenvalue weighted by Gasteiger charge is 2.32. The Morgan fingerprint density at radius 1 is 1.03 bits per heavy atom. The fourth-order valence-electron chi connectivity index (χ4n) is 4.10. The normalized spacial score (nSPS) is 15.9. The average Bonchev–Trinajstić information content (AvgIpc) is 3.17. The monoisotopic (exact) mass is 420 g/mol. The zero-order valence-corrected chi connectivity index (χ0v) is 17.8. The molecule has 162 valence electrons. The van der Waals surface area contributed by atoms with Gasteiger partial charge < -0.3 is 20.3 Å². The third kappa shape index (κ3) is 4.41. The number of amides is 1. The van der Waals surface area contributed by atoms with E-state index in [1.807, 2.05) is 55.1 Å². The second-order valence-corrected chi connectivity index (χ2v) is 8.25. The highest BCUT2D eigenvalue weighted by atomic mass is 16.4. The van der Waals surface area contributed by atoms with Gasteiger partial charge in [-0.05, 0) is 30.3 Å². The summed E-state index contributed by atoms with van der Waals surface area (Å²) in [5.74, 6) is -1.07. The van der Waals surface area contributed by atoms with Gasteiger partial charge in [0.15, 0.2) is 0 Å². The zero-order valence-electron chi connectivity index (χ0n) is 17.8. The number of anilines is 2. The molecule has 0 radical (unpaired) electrons. The number of aromatic nitrogens is 1. The molecule has 3 aromatic rings. The lowest BCUT2D eigenvalue weighted by Gasteiger charge is -2.38. The van der Waals surface area contributed by atoms with E-state index in [-0.39, 0.29) is 11.8 Å². The van der Waals surface area contributed by atoms with Crippen LogP contribution in [0.1, 0.15) is 25.5 Å². The van der Waals surface area contributed by atoms with Gasteiger partial charge in [-0.2, -0.15) is 0 Å². The van der Waals surface area contributed by atoms with Crippen LogP contribution >= 0.6 is 0 Å². The van der Waals surface area contributed by atoms with Gasteiger partial charge in [-0.3, -0.25) is 14.5 Å². The molecule has 1 atom stereocenters. The number of para-hydroxylation sites is 1. The Bertz CT molecular complexity index is 1070. The van der Waals surface area contributed by atoms with E-state index in [2.05, 4.69) is 27.3 Å². The highest BCUT2D eigenvalue weighted by Crippen LogP contribution is 2.32. The third-order valence-corrected chi connectivity index (χ3v) is 5.83. The van der Waals surface area contributed by atoms with Gasteiger partial charge in [0, 0.05) is 66.1 Å². The molecule has 1 amide bonds. The van der Waals surface area contributed by atoms with Gasteiger partial charge in [0.1, 0.15) is 6.04 Å². The average molecular weight is 421 g/mol. The number of rotatable bonds is 6. The number of carboxylic acid groups (broad SMARTS) is 1. The number of aliphatic carboxylic acids is 1. The minimum Gasteiger partial charge on any atom is -0.480 e. The minimum atomic E-state index is -0.870. The van der Waals surface area contributed by atoms with Crippen LogP contribution in [0.2, 0.25) is 0 Å². The van der Waals surface area contributed by atoms with Crippen molar-refractivity contribution in [2.45, 2.75) is 19.9 Å². The molecular formula is C24H28N4O3. The van der Waals surface area contributed by atoms with Crippen LogP contribution in [0, 0.1) is 5.92 Å². The molecule has 0 spiro atoms. The third-order valence-electron chi connectivity index (χ3n) is 5.83. The van der Waals surface area contributed by atoms with E-state index in [0.717, 1.165) is 35.2 Å². The summed E-state index contributed by atoms with van der Waals surface area (Å²) in [5, 5.41) is 13.8. The van der Waals surface area contributed by atoms with Crippen LogP contribution in [0.5, 0.6) is 0 Å². The van der Waals surface area contributed by atoms with Crippen LogP contribution in [-0.4, -0.2) is 53.0 Å². The number of hydrogen-bond donors (Lipinski definition) is 3. The predicted molar refractivity (Wildman–Crippen MR) is 122 cm³/mol. The molecule has 1 fully saturated rings. The van der Waals surface area contributed by atoms with Crippen molar-refractivity contribution in [1.82, 2.24) is 9.88 Å². The molecular weight excluding hydrogens is 392 g/mol. The molecule has 1 aliphatic heterocycles. The number of fused-ring (bicyclic) bond motifs is 1. The second kappa shape index (κ2) is 8.81. The van der Waals surface area contributed by atoms with E-state index in [9.17, 15) is 14.7 Å². The maximum Gasteiger partial charge on any atom is 0.325 e. The van der Waals surface area contributed by atoms with E-state index in [1.165, 1.54) is 0 Å². The van der Waals surface area contributed by atoms with E-state index >= 15 is 0 Å². The Kier molecular flexibility index (Phi) is 5.95. The van der Waals surface area contributed by atoms with E-state index < -0.39 is 12.0 Å². The number of nitrogens with one attached hydrogen (secondary N) is 2. The first kappa shape index (κ1) is 20.9. The van der Waals surface area contributed by atoms with Crippen LogP contribution in [0.4, 0.5) is 11.4 Å². The molecule has 7 heteroatoms. The Morgan fingerprint density at radius 3 is 2.39 bits per heavy atom. The molecule has 4 rings (SSSR count). The van der Waals surface area contributed by atoms with Gasteiger partial charge >= 0.3 is 5.97 Å². The fraction of sp³-hybridized carbons (Fsp3) is 0.333. The molecule has 0 bridgehead atoms. The molecule has 3 N–H and O–H groups in total.